The summed E-state index contributed by atoms with van der Waals surface area (Å²) in [6.07, 6.45) is 58.7. The first-order chi connectivity index (χ1) is 29.0. The van der Waals surface area contributed by atoms with Crippen LogP contribution in [0.5, 0.6) is 0 Å². The quantitative estimate of drug-likeness (QED) is 0.0310. The Labute approximate surface area is 366 Å². The molecule has 5 N–H and O–H groups in total. The van der Waals surface area contributed by atoms with Gasteiger partial charge in [-0.15, -0.1) is 0 Å². The summed E-state index contributed by atoms with van der Waals surface area (Å²) in [5.74, 6) is -0.601. The van der Waals surface area contributed by atoms with Gasteiger partial charge in [-0.1, -0.05) is 210 Å². The highest BCUT2D eigenvalue weighted by Crippen LogP contribution is 2.16. The Bertz CT molecular complexity index is 977. The van der Waals surface area contributed by atoms with E-state index in [0.29, 0.717) is 19.3 Å². The van der Waals surface area contributed by atoms with Crippen LogP contribution in [0.4, 0.5) is 0 Å². The lowest BCUT2D eigenvalue weighted by Crippen LogP contribution is -2.53. The van der Waals surface area contributed by atoms with E-state index in [4.69, 9.17) is 0 Å². The van der Waals surface area contributed by atoms with Gasteiger partial charge in [0.2, 0.25) is 5.91 Å². The van der Waals surface area contributed by atoms with Crippen LogP contribution in [0.25, 0.3) is 0 Å². The predicted molar refractivity (Wildman–Crippen MR) is 256 cm³/mol. The summed E-state index contributed by atoms with van der Waals surface area (Å²) >= 11 is 0. The van der Waals surface area contributed by atoms with E-state index < -0.39 is 36.9 Å². The van der Waals surface area contributed by atoms with Crippen LogP contribution in [0.15, 0.2) is 48.6 Å². The second kappa shape index (κ2) is 47.3. The maximum Gasteiger partial charge on any atom is 0.249 e. The maximum absolute atomic E-state index is 12.6. The average Bonchev–Trinajstić information content (AvgIpc) is 3.24. The number of hydrogen-bond donors (Lipinski definition) is 5. The minimum atomic E-state index is -1.30. The van der Waals surface area contributed by atoms with Gasteiger partial charge in [-0.05, 0) is 89.9 Å². The van der Waals surface area contributed by atoms with Crippen LogP contribution in [0.3, 0.4) is 0 Å². The highest BCUT2D eigenvalue weighted by Gasteiger charge is 2.28. The zero-order chi connectivity index (χ0) is 43.1. The third-order valence-electron chi connectivity index (χ3n) is 11.7. The minimum absolute atomic E-state index is 0.355. The van der Waals surface area contributed by atoms with Crippen LogP contribution in [-0.2, 0) is 4.79 Å². The first-order valence-corrected chi connectivity index (χ1v) is 25.5. The zero-order valence-electron chi connectivity index (χ0n) is 39.0. The number of amides is 1. The summed E-state index contributed by atoms with van der Waals surface area (Å²) in [5, 5.41) is 43.8. The Morgan fingerprint density at radius 1 is 0.407 bits per heavy atom. The van der Waals surface area contributed by atoms with Crippen molar-refractivity contribution in [2.75, 3.05) is 6.61 Å². The molecule has 59 heavy (non-hydrogen) atoms. The van der Waals surface area contributed by atoms with Gasteiger partial charge in [-0.25, -0.2) is 0 Å². The summed E-state index contributed by atoms with van der Waals surface area (Å²) in [6, 6.07) is -1.01. The lowest BCUT2D eigenvalue weighted by atomic mass is 10.00. The highest BCUT2D eigenvalue weighted by atomic mass is 16.3. The van der Waals surface area contributed by atoms with Crippen molar-refractivity contribution in [1.29, 1.82) is 0 Å². The standard InChI is InChI=1S/C53H99NO5/c1-3-5-7-9-11-13-15-17-19-21-23-24-25-26-27-28-29-31-33-35-37-39-41-43-45-47-51(57)53(59)54-49(48-55)52(58)50(56)46-44-42-40-38-36-34-32-30-22-20-18-16-14-12-10-8-6-4-2/h16,18,26-27,30,32,38,40,49-52,55-58H,3-15,17,19-25,28-29,31,33-37,39,41-48H2,1-2H3,(H,54,59)/b18-16+,27-26-,32-30+,40-38+. The fraction of sp³-hybridized carbons (Fsp3) is 0.830. The normalized spacial score (nSPS) is 14.3. The van der Waals surface area contributed by atoms with Gasteiger partial charge >= 0.3 is 0 Å². The van der Waals surface area contributed by atoms with E-state index in [-0.39, 0.29) is 0 Å². The molecule has 0 aromatic heterocycles. The Balaban J connectivity index is 3.73. The molecule has 346 valence electrons. The van der Waals surface area contributed by atoms with Crippen LogP contribution in [0.2, 0.25) is 0 Å². The molecule has 0 aromatic carbocycles. The Hall–Kier alpha value is -1.73. The molecule has 0 bridgehead atoms. The van der Waals surface area contributed by atoms with Gasteiger partial charge in [0.1, 0.15) is 12.2 Å². The van der Waals surface area contributed by atoms with Crippen molar-refractivity contribution in [1.82, 2.24) is 5.32 Å². The molecule has 0 spiro atoms. The molecule has 0 heterocycles. The highest BCUT2D eigenvalue weighted by molar-refractivity contribution is 5.80. The molecule has 6 heteroatoms. The molecule has 4 atom stereocenters. The van der Waals surface area contributed by atoms with E-state index >= 15 is 0 Å². The zero-order valence-corrected chi connectivity index (χ0v) is 39.0. The molecule has 0 saturated carbocycles. The van der Waals surface area contributed by atoms with Crippen molar-refractivity contribution in [3.8, 4) is 0 Å². The van der Waals surface area contributed by atoms with Crippen LogP contribution in [-0.4, -0.2) is 57.3 Å². The first-order valence-electron chi connectivity index (χ1n) is 25.5. The third-order valence-corrected chi connectivity index (χ3v) is 11.7. The summed E-state index contributed by atoms with van der Waals surface area (Å²) in [4.78, 5) is 12.6. The van der Waals surface area contributed by atoms with Crippen LogP contribution in [0, 0.1) is 0 Å². The van der Waals surface area contributed by atoms with E-state index in [1.165, 1.54) is 167 Å². The van der Waals surface area contributed by atoms with Gasteiger partial charge in [0.05, 0.1) is 18.8 Å². The molecular formula is C53H99NO5. The van der Waals surface area contributed by atoms with Crippen molar-refractivity contribution in [3.05, 3.63) is 48.6 Å². The SMILES string of the molecule is CCCCCCC/C=C/CC/C=C/CC/C=C/CCCC(O)C(O)C(CO)NC(=O)C(O)CCCCCCCCCCC/C=C\CCCCCCCCCCCCCC. The summed E-state index contributed by atoms with van der Waals surface area (Å²) < 4.78 is 0. The van der Waals surface area contributed by atoms with Gasteiger partial charge in [0.15, 0.2) is 0 Å². The van der Waals surface area contributed by atoms with Gasteiger partial charge in [0, 0.05) is 0 Å². The summed E-state index contributed by atoms with van der Waals surface area (Å²) in [6.45, 7) is 4.03. The Kier molecular flexibility index (Phi) is 45.9. The second-order valence-electron chi connectivity index (χ2n) is 17.5. The molecule has 0 aliphatic heterocycles. The molecule has 0 aliphatic rings. The largest absolute Gasteiger partial charge is 0.394 e. The number of nitrogens with one attached hydrogen (secondary N) is 1. The number of carbonyl (C=O) groups excluding carboxylic acids is 1. The number of carbonyl (C=O) groups is 1. The Morgan fingerprint density at radius 3 is 1.07 bits per heavy atom. The lowest BCUT2D eigenvalue weighted by molar-refractivity contribution is -0.132. The summed E-state index contributed by atoms with van der Waals surface area (Å²) in [5.41, 5.74) is 0. The third kappa shape index (κ3) is 41.4. The number of hydrogen-bond acceptors (Lipinski definition) is 5. The van der Waals surface area contributed by atoms with Crippen LogP contribution < -0.4 is 5.32 Å². The van der Waals surface area contributed by atoms with E-state index in [1.807, 2.05) is 0 Å². The van der Waals surface area contributed by atoms with Crippen LogP contribution >= 0.6 is 0 Å². The topological polar surface area (TPSA) is 110 Å². The van der Waals surface area contributed by atoms with Crippen LogP contribution in [0.1, 0.15) is 251 Å². The smallest absolute Gasteiger partial charge is 0.249 e. The molecular weight excluding hydrogens is 731 g/mol. The van der Waals surface area contributed by atoms with Gasteiger partial charge in [0.25, 0.3) is 0 Å². The number of aliphatic hydroxyl groups is 4. The molecule has 0 rings (SSSR count). The fourth-order valence-electron chi connectivity index (χ4n) is 7.67. The van der Waals surface area contributed by atoms with Crippen molar-refractivity contribution in [2.45, 2.75) is 276 Å². The lowest BCUT2D eigenvalue weighted by Gasteiger charge is -2.27. The van der Waals surface area contributed by atoms with Gasteiger partial charge < -0.3 is 25.7 Å². The monoisotopic (exact) mass is 830 g/mol. The van der Waals surface area contributed by atoms with E-state index in [2.05, 4.69) is 67.8 Å². The van der Waals surface area contributed by atoms with E-state index in [0.717, 1.165) is 51.4 Å². The van der Waals surface area contributed by atoms with Crippen molar-refractivity contribution >= 4 is 5.91 Å². The molecule has 1 amide bonds. The molecule has 0 aromatic rings. The molecule has 0 radical (unpaired) electrons. The molecule has 6 nitrogen and oxygen atoms in total. The molecule has 0 fully saturated rings. The Morgan fingerprint density at radius 2 is 0.712 bits per heavy atom. The number of unbranched alkanes of at least 4 members (excludes halogenated alkanes) is 29. The fourth-order valence-corrected chi connectivity index (χ4v) is 7.67. The van der Waals surface area contributed by atoms with Crippen molar-refractivity contribution in [2.24, 2.45) is 0 Å². The predicted octanol–water partition coefficient (Wildman–Crippen LogP) is 14.2. The van der Waals surface area contributed by atoms with E-state index in [9.17, 15) is 25.2 Å². The van der Waals surface area contributed by atoms with Gasteiger partial charge in [-0.2, -0.15) is 0 Å². The van der Waals surface area contributed by atoms with Crippen molar-refractivity contribution in [3.63, 3.8) is 0 Å². The van der Waals surface area contributed by atoms with E-state index in [1.54, 1.807) is 0 Å². The molecule has 4 unspecified atom stereocenters. The second-order valence-corrected chi connectivity index (χ2v) is 17.5. The first kappa shape index (κ1) is 57.3. The number of allylic oxidation sites excluding steroid dienone is 8. The van der Waals surface area contributed by atoms with Gasteiger partial charge in [-0.3, -0.25) is 4.79 Å². The van der Waals surface area contributed by atoms with Crippen molar-refractivity contribution < 1.29 is 25.2 Å². The summed E-state index contributed by atoms with van der Waals surface area (Å²) in [7, 11) is 0. The maximum atomic E-state index is 12.6. The molecule has 0 aliphatic carbocycles. The number of rotatable bonds is 46. The minimum Gasteiger partial charge on any atom is -0.394 e. The number of aliphatic hydroxyl groups excluding tert-OH is 4. The average molecular weight is 830 g/mol. The molecule has 0 saturated heterocycles.